The van der Waals surface area contributed by atoms with Gasteiger partial charge in [-0.25, -0.2) is 0 Å². The molecule has 2 aliphatic rings. The normalized spacial score (nSPS) is 26.1. The Balaban J connectivity index is 1.48. The van der Waals surface area contributed by atoms with E-state index in [1.54, 1.807) is 19.5 Å². The maximum atomic E-state index is 13.6. The summed E-state index contributed by atoms with van der Waals surface area (Å²) in [5, 5.41) is 12.3. The van der Waals surface area contributed by atoms with Gasteiger partial charge in [-0.2, -0.15) is 0 Å². The lowest BCUT2D eigenvalue weighted by Gasteiger charge is -2.44. The van der Waals surface area contributed by atoms with E-state index in [-0.39, 0.29) is 18.0 Å². The van der Waals surface area contributed by atoms with E-state index in [1.165, 1.54) is 0 Å². The first-order chi connectivity index (χ1) is 14.0. The van der Waals surface area contributed by atoms with Crippen molar-refractivity contribution in [3.8, 4) is 5.75 Å². The zero-order valence-electron chi connectivity index (χ0n) is 16.7. The van der Waals surface area contributed by atoms with E-state index >= 15 is 0 Å². The predicted octanol–water partition coefficient (Wildman–Crippen LogP) is 3.53. The van der Waals surface area contributed by atoms with Crippen molar-refractivity contribution in [2.45, 2.75) is 50.3 Å². The number of aromatic nitrogens is 2. The van der Waals surface area contributed by atoms with Crippen LogP contribution >= 0.6 is 0 Å². The summed E-state index contributed by atoms with van der Waals surface area (Å²) in [7, 11) is 1.64. The number of fused-ring (bicyclic) bond motifs is 3. The van der Waals surface area contributed by atoms with Gasteiger partial charge in [-0.05, 0) is 49.1 Å². The van der Waals surface area contributed by atoms with Crippen molar-refractivity contribution in [1.82, 2.24) is 14.9 Å². The fourth-order valence-corrected chi connectivity index (χ4v) is 5.29. The molecule has 150 valence electrons. The highest BCUT2D eigenvalue weighted by Gasteiger charge is 2.50. The molecule has 2 aliphatic heterocycles. The van der Waals surface area contributed by atoms with Crippen LogP contribution in [0.4, 0.5) is 0 Å². The number of carbonyl (C=O) groups is 1. The number of ether oxygens (including phenoxy) is 1. The summed E-state index contributed by atoms with van der Waals surface area (Å²) < 4.78 is 5.46. The SMILES string of the molecule is COc1cccc2c(C)c(C(=O)N3[C@@H]4CC[C@H]3CC(O)(c3ccncc3)C4)[nH]c12. The maximum Gasteiger partial charge on any atom is 0.271 e. The Bertz CT molecular complexity index is 1060. The molecule has 2 fully saturated rings. The molecule has 2 bridgehead atoms. The van der Waals surface area contributed by atoms with E-state index in [0.29, 0.717) is 18.5 Å². The molecule has 1 aromatic carbocycles. The molecule has 2 saturated heterocycles. The third kappa shape index (κ3) is 2.74. The van der Waals surface area contributed by atoms with E-state index in [1.807, 2.05) is 42.2 Å². The van der Waals surface area contributed by atoms with Crippen molar-refractivity contribution < 1.29 is 14.6 Å². The van der Waals surface area contributed by atoms with Crippen molar-refractivity contribution in [2.75, 3.05) is 7.11 Å². The summed E-state index contributed by atoms with van der Waals surface area (Å²) in [5.74, 6) is 0.753. The lowest BCUT2D eigenvalue weighted by molar-refractivity contribution is -0.0481. The van der Waals surface area contributed by atoms with Crippen molar-refractivity contribution in [1.29, 1.82) is 0 Å². The van der Waals surface area contributed by atoms with Gasteiger partial charge in [-0.3, -0.25) is 9.78 Å². The third-order valence-corrected chi connectivity index (χ3v) is 6.71. The molecule has 0 spiro atoms. The van der Waals surface area contributed by atoms with E-state index in [2.05, 4.69) is 9.97 Å². The lowest BCUT2D eigenvalue weighted by Crippen LogP contribution is -2.52. The number of piperidine rings is 1. The molecule has 0 saturated carbocycles. The number of methoxy groups -OCH3 is 1. The number of aliphatic hydroxyl groups is 1. The van der Waals surface area contributed by atoms with Crippen molar-refractivity contribution in [3.63, 3.8) is 0 Å². The quantitative estimate of drug-likeness (QED) is 0.716. The second-order valence-electron chi connectivity index (χ2n) is 8.28. The van der Waals surface area contributed by atoms with Crippen LogP contribution < -0.4 is 4.74 Å². The average Bonchev–Trinajstić information content (AvgIpc) is 3.23. The number of rotatable bonds is 3. The van der Waals surface area contributed by atoms with Gasteiger partial charge < -0.3 is 19.7 Å². The van der Waals surface area contributed by atoms with Crippen molar-refractivity contribution >= 4 is 16.8 Å². The van der Waals surface area contributed by atoms with Gasteiger partial charge in [-0.15, -0.1) is 0 Å². The van der Waals surface area contributed by atoms with Gasteiger partial charge in [0.2, 0.25) is 0 Å². The number of benzene rings is 1. The lowest BCUT2D eigenvalue weighted by atomic mass is 9.80. The second kappa shape index (κ2) is 6.59. The summed E-state index contributed by atoms with van der Waals surface area (Å²) in [6.07, 6.45) is 6.39. The minimum Gasteiger partial charge on any atom is -0.495 e. The summed E-state index contributed by atoms with van der Waals surface area (Å²) in [6.45, 7) is 1.98. The standard InChI is InChI=1S/C23H25N3O3/c1-14-18-4-3-5-19(29-2)21(18)25-20(14)22(27)26-16-6-7-17(26)13-23(28,12-16)15-8-10-24-11-9-15/h3-5,8-11,16-17,25,28H,6-7,12-13H2,1-2H3/t16-,17+,23?. The van der Waals surface area contributed by atoms with Gasteiger partial charge in [0, 0.05) is 42.7 Å². The van der Waals surface area contributed by atoms with Gasteiger partial charge in [-0.1, -0.05) is 12.1 Å². The Morgan fingerprint density at radius 1 is 1.21 bits per heavy atom. The smallest absolute Gasteiger partial charge is 0.271 e. The molecule has 29 heavy (non-hydrogen) atoms. The highest BCUT2D eigenvalue weighted by molar-refractivity contribution is 6.02. The number of hydrogen-bond acceptors (Lipinski definition) is 4. The van der Waals surface area contributed by atoms with Crippen molar-refractivity contribution in [3.05, 3.63) is 59.5 Å². The van der Waals surface area contributed by atoms with E-state index in [9.17, 15) is 9.90 Å². The summed E-state index contributed by atoms with van der Waals surface area (Å²) in [4.78, 5) is 22.9. The molecule has 2 N–H and O–H groups in total. The number of para-hydroxylation sites is 1. The minimum absolute atomic E-state index is 0.0185. The molecule has 6 heteroatoms. The molecular weight excluding hydrogens is 366 g/mol. The summed E-state index contributed by atoms with van der Waals surface area (Å²) >= 11 is 0. The molecule has 5 rings (SSSR count). The first-order valence-electron chi connectivity index (χ1n) is 10.1. The highest BCUT2D eigenvalue weighted by Crippen LogP contribution is 2.46. The van der Waals surface area contributed by atoms with Crippen LogP contribution in [0.5, 0.6) is 5.75 Å². The molecule has 3 atom stereocenters. The molecule has 1 unspecified atom stereocenters. The molecule has 6 nitrogen and oxygen atoms in total. The monoisotopic (exact) mass is 391 g/mol. The van der Waals surface area contributed by atoms with Crippen LogP contribution in [-0.2, 0) is 5.60 Å². The topological polar surface area (TPSA) is 78.4 Å². The van der Waals surface area contributed by atoms with Crippen LogP contribution in [0.1, 0.15) is 47.3 Å². The molecule has 4 heterocycles. The Morgan fingerprint density at radius 2 is 1.90 bits per heavy atom. The van der Waals surface area contributed by atoms with E-state index < -0.39 is 5.60 Å². The number of aromatic amines is 1. The van der Waals surface area contributed by atoms with Crippen LogP contribution in [0.3, 0.4) is 0 Å². The third-order valence-electron chi connectivity index (χ3n) is 6.71. The van der Waals surface area contributed by atoms with Gasteiger partial charge in [0.1, 0.15) is 11.4 Å². The van der Waals surface area contributed by atoms with Crippen LogP contribution in [-0.4, -0.2) is 45.1 Å². The number of aryl methyl sites for hydroxylation is 1. The number of H-pyrrole nitrogens is 1. The van der Waals surface area contributed by atoms with Gasteiger partial charge in [0.25, 0.3) is 5.91 Å². The summed E-state index contributed by atoms with van der Waals surface area (Å²) in [5.41, 5.74) is 2.41. The first-order valence-corrected chi connectivity index (χ1v) is 10.1. The zero-order chi connectivity index (χ0) is 20.2. The van der Waals surface area contributed by atoms with Crippen LogP contribution in [0.15, 0.2) is 42.7 Å². The highest BCUT2D eigenvalue weighted by atomic mass is 16.5. The van der Waals surface area contributed by atoms with E-state index in [0.717, 1.165) is 40.6 Å². The largest absolute Gasteiger partial charge is 0.495 e. The number of pyridine rings is 1. The predicted molar refractivity (Wildman–Crippen MR) is 110 cm³/mol. The Kier molecular flexibility index (Phi) is 4.13. The van der Waals surface area contributed by atoms with Crippen LogP contribution in [0.25, 0.3) is 10.9 Å². The zero-order valence-corrected chi connectivity index (χ0v) is 16.7. The number of nitrogens with one attached hydrogen (secondary N) is 1. The molecule has 1 amide bonds. The second-order valence-corrected chi connectivity index (χ2v) is 8.28. The number of carbonyl (C=O) groups excluding carboxylic acids is 1. The molecule has 2 aromatic heterocycles. The molecule has 0 aliphatic carbocycles. The van der Waals surface area contributed by atoms with E-state index in [4.69, 9.17) is 4.74 Å². The Morgan fingerprint density at radius 3 is 2.55 bits per heavy atom. The van der Waals surface area contributed by atoms with Gasteiger partial charge in [0.15, 0.2) is 0 Å². The first kappa shape index (κ1) is 18.2. The van der Waals surface area contributed by atoms with Crippen molar-refractivity contribution in [2.24, 2.45) is 0 Å². The van der Waals surface area contributed by atoms with Crippen LogP contribution in [0, 0.1) is 6.92 Å². The fraction of sp³-hybridized carbons (Fsp3) is 0.391. The molecule has 0 radical (unpaired) electrons. The Hall–Kier alpha value is -2.86. The fourth-order valence-electron chi connectivity index (χ4n) is 5.29. The average molecular weight is 391 g/mol. The minimum atomic E-state index is -0.899. The van der Waals surface area contributed by atoms with Gasteiger partial charge >= 0.3 is 0 Å². The Labute approximate surface area is 169 Å². The number of nitrogens with zero attached hydrogens (tertiary/aromatic N) is 2. The maximum absolute atomic E-state index is 13.6. The number of hydrogen-bond donors (Lipinski definition) is 2. The van der Waals surface area contributed by atoms with Crippen LogP contribution in [0.2, 0.25) is 0 Å². The van der Waals surface area contributed by atoms with Gasteiger partial charge in [0.05, 0.1) is 18.2 Å². The number of amides is 1. The molecule has 3 aromatic rings. The molecular formula is C23H25N3O3. The summed E-state index contributed by atoms with van der Waals surface area (Å²) in [6, 6.07) is 9.67.